The van der Waals surface area contributed by atoms with E-state index in [1.165, 1.54) is 30.9 Å². The van der Waals surface area contributed by atoms with E-state index in [0.717, 1.165) is 36.8 Å². The molecule has 0 radical (unpaired) electrons. The molecular weight excluding hydrogens is 342 g/mol. The molecule has 4 heterocycles. The molecule has 3 aromatic heterocycles. The third-order valence-corrected chi connectivity index (χ3v) is 7.15. The van der Waals surface area contributed by atoms with Crippen molar-refractivity contribution >= 4 is 34.0 Å². The van der Waals surface area contributed by atoms with Gasteiger partial charge in [-0.05, 0) is 38.8 Å². The molecule has 0 saturated carbocycles. The minimum Gasteiger partial charge on any atom is -0.293 e. The lowest BCUT2D eigenvalue weighted by atomic mass is 10.1. The summed E-state index contributed by atoms with van der Waals surface area (Å²) in [6.45, 7) is 9.47. The number of fused-ring (bicyclic) bond motifs is 1. The molecule has 0 fully saturated rings. The third-order valence-electron chi connectivity index (χ3n) is 4.19. The molecule has 0 bridgehead atoms. The second kappa shape index (κ2) is 6.09. The van der Waals surface area contributed by atoms with Crippen molar-refractivity contribution in [2.75, 3.05) is 6.54 Å². The Labute approximate surface area is 148 Å². The van der Waals surface area contributed by atoms with E-state index in [2.05, 4.69) is 47.1 Å². The van der Waals surface area contributed by atoms with Crippen molar-refractivity contribution in [3.05, 3.63) is 42.5 Å². The first kappa shape index (κ1) is 15.4. The third kappa shape index (κ3) is 3.13. The number of thiophene rings is 1. The van der Waals surface area contributed by atoms with Crippen molar-refractivity contribution in [3.8, 4) is 10.6 Å². The molecular formula is C17H19N3S3. The van der Waals surface area contributed by atoms with Gasteiger partial charge in [-0.25, -0.2) is 9.97 Å². The van der Waals surface area contributed by atoms with Crippen molar-refractivity contribution in [3.63, 3.8) is 0 Å². The molecule has 6 heteroatoms. The molecule has 3 aromatic rings. The quantitative estimate of drug-likeness (QED) is 0.670. The van der Waals surface area contributed by atoms with Crippen LogP contribution in [0.1, 0.15) is 31.0 Å². The van der Waals surface area contributed by atoms with Crippen molar-refractivity contribution in [1.29, 1.82) is 0 Å². The van der Waals surface area contributed by atoms with Crippen LogP contribution in [0.5, 0.6) is 0 Å². The number of aryl methyl sites for hydroxylation is 3. The lowest BCUT2D eigenvalue weighted by Gasteiger charge is -2.26. The summed E-state index contributed by atoms with van der Waals surface area (Å²) in [5.41, 5.74) is 3.87. The van der Waals surface area contributed by atoms with Gasteiger partial charge in [-0.2, -0.15) is 0 Å². The van der Waals surface area contributed by atoms with Gasteiger partial charge in [-0.3, -0.25) is 4.90 Å². The highest BCUT2D eigenvalue weighted by Gasteiger charge is 2.21. The Morgan fingerprint density at radius 2 is 2.00 bits per heavy atom. The first-order valence-electron chi connectivity index (χ1n) is 7.78. The molecule has 1 aliphatic rings. The number of rotatable bonds is 3. The predicted octanol–water partition coefficient (Wildman–Crippen LogP) is 4.81. The van der Waals surface area contributed by atoms with Gasteiger partial charge < -0.3 is 0 Å². The van der Waals surface area contributed by atoms with Crippen LogP contribution in [0, 0.1) is 20.8 Å². The van der Waals surface area contributed by atoms with E-state index in [-0.39, 0.29) is 0 Å². The summed E-state index contributed by atoms with van der Waals surface area (Å²) in [5, 5.41) is 4.49. The van der Waals surface area contributed by atoms with Gasteiger partial charge >= 0.3 is 0 Å². The average molecular weight is 362 g/mol. The Balaban J connectivity index is 1.53. The fraction of sp³-hybridized carbons (Fsp3) is 0.412. The Kier molecular flexibility index (Phi) is 4.09. The van der Waals surface area contributed by atoms with E-state index in [4.69, 9.17) is 0 Å². The average Bonchev–Trinajstić information content (AvgIpc) is 3.18. The zero-order chi connectivity index (χ0) is 16.0. The number of hydrogen-bond acceptors (Lipinski definition) is 6. The normalized spacial score (nSPS) is 15.1. The molecule has 0 aromatic carbocycles. The Hall–Kier alpha value is -1.08. The first-order chi connectivity index (χ1) is 11.1. The standard InChI is InChI=1S/C17H19N3S3/c1-10-14(19-12(3)22-10)8-20-5-4-16-13(7-20)6-17(23-16)15-9-21-11(2)18-15/h6,9H,4-5,7-8H2,1-3H3. The van der Waals surface area contributed by atoms with Crippen LogP contribution in [0.2, 0.25) is 0 Å². The maximum Gasteiger partial charge on any atom is 0.0914 e. The van der Waals surface area contributed by atoms with Crippen LogP contribution in [0.15, 0.2) is 11.4 Å². The molecule has 4 rings (SSSR count). The van der Waals surface area contributed by atoms with E-state index in [1.54, 1.807) is 22.7 Å². The minimum atomic E-state index is 0.969. The minimum absolute atomic E-state index is 0.969. The largest absolute Gasteiger partial charge is 0.293 e. The summed E-state index contributed by atoms with van der Waals surface area (Å²) >= 11 is 5.46. The van der Waals surface area contributed by atoms with Gasteiger partial charge in [-0.15, -0.1) is 34.0 Å². The topological polar surface area (TPSA) is 29.0 Å². The van der Waals surface area contributed by atoms with E-state index in [1.807, 2.05) is 11.3 Å². The van der Waals surface area contributed by atoms with Crippen molar-refractivity contribution in [1.82, 2.24) is 14.9 Å². The van der Waals surface area contributed by atoms with E-state index < -0.39 is 0 Å². The van der Waals surface area contributed by atoms with Crippen molar-refractivity contribution in [2.24, 2.45) is 0 Å². The van der Waals surface area contributed by atoms with Crippen molar-refractivity contribution < 1.29 is 0 Å². The molecule has 120 valence electrons. The fourth-order valence-corrected chi connectivity index (χ4v) is 5.70. The smallest absolute Gasteiger partial charge is 0.0914 e. The van der Waals surface area contributed by atoms with E-state index in [0.29, 0.717) is 0 Å². The highest BCUT2D eigenvalue weighted by molar-refractivity contribution is 7.16. The highest BCUT2D eigenvalue weighted by Crippen LogP contribution is 2.35. The zero-order valence-corrected chi connectivity index (χ0v) is 16.0. The van der Waals surface area contributed by atoms with Gasteiger partial charge in [0.15, 0.2) is 0 Å². The predicted molar refractivity (Wildman–Crippen MR) is 99.6 cm³/mol. The fourth-order valence-electron chi connectivity index (χ4n) is 3.06. The summed E-state index contributed by atoms with van der Waals surface area (Å²) in [4.78, 5) is 16.1. The van der Waals surface area contributed by atoms with Crippen molar-refractivity contribution in [2.45, 2.75) is 40.3 Å². The second-order valence-electron chi connectivity index (χ2n) is 6.01. The highest BCUT2D eigenvalue weighted by atomic mass is 32.1. The maximum absolute atomic E-state index is 4.69. The number of aromatic nitrogens is 2. The second-order valence-corrected chi connectivity index (χ2v) is 9.61. The Morgan fingerprint density at radius 1 is 1.13 bits per heavy atom. The monoisotopic (exact) mass is 361 g/mol. The molecule has 0 aliphatic carbocycles. The first-order valence-corrected chi connectivity index (χ1v) is 10.3. The molecule has 0 saturated heterocycles. The molecule has 0 N–H and O–H groups in total. The lowest BCUT2D eigenvalue weighted by molar-refractivity contribution is 0.244. The molecule has 0 atom stereocenters. The van der Waals surface area contributed by atoms with Gasteiger partial charge in [0.2, 0.25) is 0 Å². The van der Waals surface area contributed by atoms with Gasteiger partial charge in [0.05, 0.1) is 26.3 Å². The molecule has 0 amide bonds. The molecule has 23 heavy (non-hydrogen) atoms. The summed E-state index contributed by atoms with van der Waals surface area (Å²) < 4.78 is 0. The van der Waals surface area contributed by atoms with Crippen LogP contribution in [0.25, 0.3) is 10.6 Å². The zero-order valence-electron chi connectivity index (χ0n) is 13.5. The van der Waals surface area contributed by atoms with Crippen LogP contribution in [-0.2, 0) is 19.5 Å². The van der Waals surface area contributed by atoms with Gasteiger partial charge in [0.1, 0.15) is 0 Å². The van der Waals surface area contributed by atoms with Crippen LogP contribution < -0.4 is 0 Å². The summed E-state index contributed by atoms with van der Waals surface area (Å²) in [5.74, 6) is 0. The summed E-state index contributed by atoms with van der Waals surface area (Å²) in [6.07, 6.45) is 1.14. The molecule has 3 nitrogen and oxygen atoms in total. The van der Waals surface area contributed by atoms with Gasteiger partial charge in [0.25, 0.3) is 0 Å². The molecule has 0 unspecified atom stereocenters. The Morgan fingerprint density at radius 3 is 2.70 bits per heavy atom. The van der Waals surface area contributed by atoms with Crippen LogP contribution in [-0.4, -0.2) is 21.4 Å². The summed E-state index contributed by atoms with van der Waals surface area (Å²) in [7, 11) is 0. The number of thiazole rings is 2. The van der Waals surface area contributed by atoms with Crippen LogP contribution >= 0.6 is 34.0 Å². The van der Waals surface area contributed by atoms with Gasteiger partial charge in [0, 0.05) is 34.8 Å². The molecule has 1 aliphatic heterocycles. The maximum atomic E-state index is 4.69. The van der Waals surface area contributed by atoms with Gasteiger partial charge in [-0.1, -0.05) is 0 Å². The summed E-state index contributed by atoms with van der Waals surface area (Å²) in [6, 6.07) is 2.35. The van der Waals surface area contributed by atoms with E-state index in [9.17, 15) is 0 Å². The van der Waals surface area contributed by atoms with Crippen LogP contribution in [0.3, 0.4) is 0 Å². The number of nitrogens with zero attached hydrogens (tertiary/aromatic N) is 3. The van der Waals surface area contributed by atoms with E-state index >= 15 is 0 Å². The van der Waals surface area contributed by atoms with Crippen LogP contribution in [0.4, 0.5) is 0 Å². The SMILES string of the molecule is Cc1nc(-c2cc3c(s2)CCN(Cc2nc(C)sc2C)C3)cs1. The molecule has 0 spiro atoms. The Bertz CT molecular complexity index is 843. The number of hydrogen-bond donors (Lipinski definition) is 0. The lowest BCUT2D eigenvalue weighted by Crippen LogP contribution is -2.29.